The molecule has 5 heteroatoms. The molecule has 0 spiro atoms. The molecular formula is C16H15BrClN3. The third-order valence-electron chi connectivity index (χ3n) is 3.60. The first-order chi connectivity index (χ1) is 10.2. The van der Waals surface area contributed by atoms with E-state index in [0.717, 1.165) is 39.1 Å². The first kappa shape index (κ1) is 14.5. The maximum absolute atomic E-state index is 6.11. The molecule has 0 aliphatic carbocycles. The van der Waals surface area contributed by atoms with Crippen LogP contribution in [0, 0.1) is 6.92 Å². The van der Waals surface area contributed by atoms with Crippen LogP contribution in [0.3, 0.4) is 0 Å². The highest BCUT2D eigenvalue weighted by molar-refractivity contribution is 9.10. The third-order valence-corrected chi connectivity index (χ3v) is 4.33. The van der Waals surface area contributed by atoms with Gasteiger partial charge >= 0.3 is 0 Å². The summed E-state index contributed by atoms with van der Waals surface area (Å²) in [6.45, 7) is 4.19. The zero-order valence-corrected chi connectivity index (χ0v) is 14.2. The second kappa shape index (κ2) is 5.78. The molecule has 0 aliphatic rings. The average molecular weight is 365 g/mol. The Labute approximate surface area is 137 Å². The Morgan fingerprint density at radius 3 is 2.81 bits per heavy atom. The lowest BCUT2D eigenvalue weighted by Crippen LogP contribution is -2.04. The van der Waals surface area contributed by atoms with Gasteiger partial charge in [-0.15, -0.1) is 11.6 Å². The molecule has 0 N–H and O–H groups in total. The van der Waals surface area contributed by atoms with Crippen molar-refractivity contribution in [2.24, 2.45) is 0 Å². The van der Waals surface area contributed by atoms with Gasteiger partial charge in [0.2, 0.25) is 0 Å². The Bertz CT molecular complexity index is 811. The highest BCUT2D eigenvalue weighted by atomic mass is 79.9. The summed E-state index contributed by atoms with van der Waals surface area (Å²) in [6, 6.07) is 8.23. The van der Waals surface area contributed by atoms with Crippen LogP contribution in [0.2, 0.25) is 0 Å². The largest absolute Gasteiger partial charge is 0.279 e. The molecule has 0 fully saturated rings. The van der Waals surface area contributed by atoms with Gasteiger partial charge in [-0.1, -0.05) is 22.9 Å². The predicted molar refractivity (Wildman–Crippen MR) is 90.2 cm³/mol. The van der Waals surface area contributed by atoms with E-state index in [9.17, 15) is 0 Å². The number of aromatic nitrogens is 3. The minimum atomic E-state index is 0.356. The minimum absolute atomic E-state index is 0.356. The van der Waals surface area contributed by atoms with E-state index in [0.29, 0.717) is 5.88 Å². The summed E-state index contributed by atoms with van der Waals surface area (Å²) >= 11 is 9.64. The van der Waals surface area contributed by atoms with Gasteiger partial charge in [0.1, 0.15) is 11.3 Å². The predicted octanol–water partition coefficient (Wildman–Crippen LogP) is 4.79. The number of alkyl halides is 1. The number of benzene rings is 1. The van der Waals surface area contributed by atoms with E-state index >= 15 is 0 Å². The van der Waals surface area contributed by atoms with E-state index in [4.69, 9.17) is 11.6 Å². The fraction of sp³-hybridized carbons (Fsp3) is 0.250. The molecule has 1 aromatic carbocycles. The molecule has 0 amide bonds. The fourth-order valence-electron chi connectivity index (χ4n) is 2.54. The van der Waals surface area contributed by atoms with Crippen LogP contribution in [-0.4, -0.2) is 14.5 Å². The van der Waals surface area contributed by atoms with Crippen molar-refractivity contribution < 1.29 is 0 Å². The molecule has 21 heavy (non-hydrogen) atoms. The highest BCUT2D eigenvalue weighted by Crippen LogP contribution is 2.27. The van der Waals surface area contributed by atoms with Crippen molar-refractivity contribution in [3.8, 4) is 5.69 Å². The number of aryl methyl sites for hydroxylation is 2. The van der Waals surface area contributed by atoms with Crippen LogP contribution in [0.15, 0.2) is 34.9 Å². The van der Waals surface area contributed by atoms with Crippen LogP contribution in [-0.2, 0) is 12.3 Å². The van der Waals surface area contributed by atoms with Gasteiger partial charge in [0.15, 0.2) is 5.65 Å². The van der Waals surface area contributed by atoms with Crippen LogP contribution in [0.25, 0.3) is 16.9 Å². The summed E-state index contributed by atoms with van der Waals surface area (Å²) in [5, 5.41) is 0. The van der Waals surface area contributed by atoms with E-state index in [1.54, 1.807) is 0 Å². The maximum atomic E-state index is 6.11. The summed E-state index contributed by atoms with van der Waals surface area (Å²) in [5.41, 5.74) is 5.22. The Balaban J connectivity index is 2.36. The summed E-state index contributed by atoms with van der Waals surface area (Å²) < 4.78 is 3.14. The van der Waals surface area contributed by atoms with Crippen molar-refractivity contribution in [1.82, 2.24) is 14.5 Å². The average Bonchev–Trinajstić information content (AvgIpc) is 2.87. The molecule has 0 saturated carbocycles. The number of rotatable bonds is 3. The molecule has 2 aromatic heterocycles. The lowest BCUT2D eigenvalue weighted by molar-refractivity contribution is 0.944. The zero-order valence-electron chi connectivity index (χ0n) is 11.9. The maximum Gasteiger partial charge on any atom is 0.164 e. The van der Waals surface area contributed by atoms with Gasteiger partial charge in [0.25, 0.3) is 0 Å². The van der Waals surface area contributed by atoms with Crippen LogP contribution < -0.4 is 0 Å². The van der Waals surface area contributed by atoms with E-state index in [1.165, 1.54) is 5.56 Å². The van der Waals surface area contributed by atoms with Gasteiger partial charge in [0, 0.05) is 10.7 Å². The molecule has 108 valence electrons. The summed E-state index contributed by atoms with van der Waals surface area (Å²) in [7, 11) is 0. The molecule has 0 saturated heterocycles. The van der Waals surface area contributed by atoms with E-state index in [1.807, 2.05) is 25.3 Å². The van der Waals surface area contributed by atoms with Crippen molar-refractivity contribution in [2.75, 3.05) is 0 Å². The lowest BCUT2D eigenvalue weighted by atomic mass is 10.1. The highest BCUT2D eigenvalue weighted by Gasteiger charge is 2.16. The van der Waals surface area contributed by atoms with Crippen molar-refractivity contribution in [3.05, 3.63) is 51.9 Å². The SMILES string of the molecule is CCc1cc(Br)ccc1-n1c(CCl)nc2c(C)ccnc21. The fourth-order valence-corrected chi connectivity index (χ4v) is 3.13. The van der Waals surface area contributed by atoms with Crippen molar-refractivity contribution in [3.63, 3.8) is 0 Å². The van der Waals surface area contributed by atoms with Crippen LogP contribution in [0.4, 0.5) is 0 Å². The van der Waals surface area contributed by atoms with Gasteiger partial charge in [-0.3, -0.25) is 4.57 Å². The first-order valence-electron chi connectivity index (χ1n) is 6.83. The number of hydrogen-bond donors (Lipinski definition) is 0. The molecule has 2 heterocycles. The molecule has 0 aliphatic heterocycles. The molecule has 0 unspecified atom stereocenters. The summed E-state index contributed by atoms with van der Waals surface area (Å²) in [6.07, 6.45) is 2.75. The monoisotopic (exact) mass is 363 g/mol. The smallest absolute Gasteiger partial charge is 0.164 e. The van der Waals surface area contributed by atoms with E-state index in [2.05, 4.69) is 49.5 Å². The van der Waals surface area contributed by atoms with Gasteiger partial charge < -0.3 is 0 Å². The minimum Gasteiger partial charge on any atom is -0.279 e. The van der Waals surface area contributed by atoms with Crippen molar-refractivity contribution in [1.29, 1.82) is 0 Å². The number of fused-ring (bicyclic) bond motifs is 1. The molecule has 0 radical (unpaired) electrons. The van der Waals surface area contributed by atoms with Gasteiger partial charge in [0.05, 0.1) is 11.6 Å². The molecule has 3 nitrogen and oxygen atoms in total. The Morgan fingerprint density at radius 2 is 2.10 bits per heavy atom. The van der Waals surface area contributed by atoms with Crippen LogP contribution in [0.5, 0.6) is 0 Å². The van der Waals surface area contributed by atoms with E-state index < -0.39 is 0 Å². The number of nitrogens with zero attached hydrogens (tertiary/aromatic N) is 3. The Hall–Kier alpha value is -1.39. The quantitative estimate of drug-likeness (QED) is 0.625. The second-order valence-electron chi connectivity index (χ2n) is 4.92. The molecule has 0 bridgehead atoms. The van der Waals surface area contributed by atoms with Gasteiger partial charge in [-0.25, -0.2) is 9.97 Å². The van der Waals surface area contributed by atoms with Crippen LogP contribution in [0.1, 0.15) is 23.9 Å². The Kier molecular flexibility index (Phi) is 4.00. The normalized spacial score (nSPS) is 11.2. The first-order valence-corrected chi connectivity index (χ1v) is 8.16. The van der Waals surface area contributed by atoms with E-state index in [-0.39, 0.29) is 0 Å². The third kappa shape index (κ3) is 2.47. The zero-order chi connectivity index (χ0) is 15.0. The molecular weight excluding hydrogens is 350 g/mol. The standard InChI is InChI=1S/C16H15BrClN3/c1-3-11-8-12(17)4-5-13(11)21-14(9-18)20-15-10(2)6-7-19-16(15)21/h4-8H,3,9H2,1-2H3. The number of pyridine rings is 1. The Morgan fingerprint density at radius 1 is 1.29 bits per heavy atom. The molecule has 0 atom stereocenters. The molecule has 3 aromatic rings. The summed E-state index contributed by atoms with van der Waals surface area (Å²) in [5.74, 6) is 1.18. The van der Waals surface area contributed by atoms with Crippen LogP contribution >= 0.6 is 27.5 Å². The number of imidazole rings is 1. The number of hydrogen-bond acceptors (Lipinski definition) is 2. The number of halogens is 2. The van der Waals surface area contributed by atoms with Crippen molar-refractivity contribution in [2.45, 2.75) is 26.1 Å². The van der Waals surface area contributed by atoms with Gasteiger partial charge in [-0.2, -0.15) is 0 Å². The van der Waals surface area contributed by atoms with Gasteiger partial charge in [-0.05, 0) is 48.7 Å². The second-order valence-corrected chi connectivity index (χ2v) is 6.11. The molecule has 3 rings (SSSR count). The van der Waals surface area contributed by atoms with Crippen molar-refractivity contribution >= 4 is 38.7 Å². The lowest BCUT2D eigenvalue weighted by Gasteiger charge is -2.12. The topological polar surface area (TPSA) is 30.7 Å². The summed E-state index contributed by atoms with van der Waals surface area (Å²) in [4.78, 5) is 9.18.